The highest BCUT2D eigenvalue weighted by Gasteiger charge is 2.38. The van der Waals surface area contributed by atoms with E-state index in [1.165, 1.54) is 12.1 Å². The third kappa shape index (κ3) is 6.98. The van der Waals surface area contributed by atoms with Crippen molar-refractivity contribution in [3.63, 3.8) is 0 Å². The lowest BCUT2D eigenvalue weighted by Crippen LogP contribution is -2.34. The molecule has 0 fully saturated rings. The number of para-hydroxylation sites is 1. The predicted molar refractivity (Wildman–Crippen MR) is 205 cm³/mol. The summed E-state index contributed by atoms with van der Waals surface area (Å²) < 4.78 is 49.6. The number of carbonyl (C=O) groups is 2. The number of unbranched alkanes of at least 4 members (excludes halogenated alkanes) is 1. The fraction of sp³-hybridized carbons (Fsp3) is 0.333. The molecule has 0 radical (unpaired) electrons. The molecule has 7 heteroatoms. The molecule has 6 rings (SSSR count). The molecule has 0 aliphatic heterocycles. The van der Waals surface area contributed by atoms with Crippen LogP contribution in [0, 0.1) is 26.7 Å². The lowest BCUT2D eigenvalue weighted by Gasteiger charge is -2.19. The molecule has 1 heterocycles. The number of nitrogens with zero attached hydrogens (tertiary/aromatic N) is 1. The Morgan fingerprint density at radius 2 is 1.46 bits per heavy atom. The molecule has 0 N–H and O–H groups in total. The summed E-state index contributed by atoms with van der Waals surface area (Å²) in [5.74, 6) is -3.79. The SMILES string of the molecule is CCCCC(CC)Cn1c2ccc(C(=O)c3ccccc3OCC(F)(F)C(C)F)cc2c2cc(C(=O)c3c(C)cc(C)cc3C)c3ccccc3c21. The highest BCUT2D eigenvalue weighted by molar-refractivity contribution is 6.27. The van der Waals surface area contributed by atoms with E-state index in [0.717, 1.165) is 88.4 Å². The van der Waals surface area contributed by atoms with Crippen LogP contribution in [0.25, 0.3) is 32.6 Å². The van der Waals surface area contributed by atoms with E-state index in [9.17, 15) is 22.8 Å². The normalized spacial score (nSPS) is 13.2. The van der Waals surface area contributed by atoms with Gasteiger partial charge in [-0.05, 0) is 92.9 Å². The zero-order valence-electron chi connectivity index (χ0n) is 30.8. The van der Waals surface area contributed by atoms with Crippen molar-refractivity contribution in [2.75, 3.05) is 6.61 Å². The van der Waals surface area contributed by atoms with E-state index in [1.807, 2.05) is 69.3 Å². The Kier molecular flexibility index (Phi) is 10.6. The van der Waals surface area contributed by atoms with Gasteiger partial charge in [0.15, 0.2) is 24.3 Å². The number of carbonyl (C=O) groups excluding carboxylic acids is 2. The van der Waals surface area contributed by atoms with Gasteiger partial charge in [-0.2, -0.15) is 8.78 Å². The molecule has 0 amide bonds. The van der Waals surface area contributed by atoms with Gasteiger partial charge in [-0.3, -0.25) is 9.59 Å². The van der Waals surface area contributed by atoms with Crippen molar-refractivity contribution in [2.24, 2.45) is 5.92 Å². The summed E-state index contributed by atoms with van der Waals surface area (Å²) in [6.07, 6.45) is 1.92. The van der Waals surface area contributed by atoms with E-state index < -0.39 is 24.5 Å². The minimum absolute atomic E-state index is 0.0419. The molecular formula is C45H46F3NO3. The highest BCUT2D eigenvalue weighted by Crippen LogP contribution is 2.39. The highest BCUT2D eigenvalue weighted by atomic mass is 19.3. The second kappa shape index (κ2) is 15.0. The fourth-order valence-electron chi connectivity index (χ4n) is 7.56. The topological polar surface area (TPSA) is 48.3 Å². The molecule has 0 saturated heterocycles. The standard InChI is InChI=1S/C45H46F3NO3/c1-7-9-14-31(8-2)25-49-39-20-19-32(43(50)35-17-12-13-18-40(35)52-26-45(47,48)30(6)46)23-36(39)37-24-38(33-15-10-11-16-34(33)42(37)49)44(51)41-28(4)21-27(3)22-29(41)5/h10-13,15-24,30-31H,7-9,14,25-26H2,1-6H3. The maximum Gasteiger partial charge on any atom is 0.311 e. The first-order chi connectivity index (χ1) is 24.9. The quantitative estimate of drug-likeness (QED) is 0.106. The summed E-state index contributed by atoms with van der Waals surface area (Å²) >= 11 is 0. The summed E-state index contributed by atoms with van der Waals surface area (Å²) in [4.78, 5) is 28.7. The lowest BCUT2D eigenvalue weighted by atomic mass is 9.89. The summed E-state index contributed by atoms with van der Waals surface area (Å²) in [7, 11) is 0. The van der Waals surface area contributed by atoms with Crippen molar-refractivity contribution in [1.82, 2.24) is 4.57 Å². The van der Waals surface area contributed by atoms with Crippen LogP contribution in [0.1, 0.15) is 95.0 Å². The first-order valence-corrected chi connectivity index (χ1v) is 18.2. The molecular weight excluding hydrogens is 659 g/mol. The molecule has 270 valence electrons. The number of benzene rings is 5. The second-order valence-electron chi connectivity index (χ2n) is 14.2. The van der Waals surface area contributed by atoms with E-state index in [0.29, 0.717) is 22.6 Å². The molecule has 5 aromatic carbocycles. The Morgan fingerprint density at radius 3 is 2.13 bits per heavy atom. The Hall–Kier alpha value is -4.91. The first-order valence-electron chi connectivity index (χ1n) is 18.2. The smallest absolute Gasteiger partial charge is 0.311 e. The van der Waals surface area contributed by atoms with Crippen LogP contribution in [0.4, 0.5) is 13.2 Å². The molecule has 0 aliphatic rings. The number of aryl methyl sites for hydroxylation is 3. The van der Waals surface area contributed by atoms with Crippen LogP contribution in [0.2, 0.25) is 0 Å². The number of alkyl halides is 3. The summed E-state index contributed by atoms with van der Waals surface area (Å²) in [5.41, 5.74) is 6.61. The second-order valence-corrected chi connectivity index (χ2v) is 14.2. The Bertz CT molecular complexity index is 2280. The monoisotopic (exact) mass is 705 g/mol. The van der Waals surface area contributed by atoms with Gasteiger partial charge in [0, 0.05) is 44.9 Å². The number of fused-ring (bicyclic) bond motifs is 5. The number of hydrogen-bond acceptors (Lipinski definition) is 3. The van der Waals surface area contributed by atoms with E-state index in [-0.39, 0.29) is 17.1 Å². The largest absolute Gasteiger partial charge is 0.486 e. The Balaban J connectivity index is 1.57. The number of ether oxygens (including phenoxy) is 1. The van der Waals surface area contributed by atoms with Crippen LogP contribution >= 0.6 is 0 Å². The number of halogens is 3. The van der Waals surface area contributed by atoms with Crippen molar-refractivity contribution < 1.29 is 27.5 Å². The van der Waals surface area contributed by atoms with Gasteiger partial charge >= 0.3 is 5.92 Å². The van der Waals surface area contributed by atoms with E-state index in [1.54, 1.807) is 18.2 Å². The zero-order chi connectivity index (χ0) is 37.3. The number of aromatic nitrogens is 1. The molecule has 4 nitrogen and oxygen atoms in total. The first kappa shape index (κ1) is 36.9. The van der Waals surface area contributed by atoms with Crippen LogP contribution in [-0.4, -0.2) is 34.8 Å². The lowest BCUT2D eigenvalue weighted by molar-refractivity contribution is -0.0941. The number of hydrogen-bond donors (Lipinski definition) is 0. The van der Waals surface area contributed by atoms with Gasteiger partial charge < -0.3 is 9.30 Å². The zero-order valence-corrected chi connectivity index (χ0v) is 30.8. The molecule has 2 atom stereocenters. The average Bonchev–Trinajstić information content (AvgIpc) is 3.43. The molecule has 2 unspecified atom stereocenters. The van der Waals surface area contributed by atoms with Gasteiger partial charge in [-0.1, -0.05) is 87.2 Å². The van der Waals surface area contributed by atoms with Crippen molar-refractivity contribution >= 4 is 44.1 Å². The van der Waals surface area contributed by atoms with Gasteiger partial charge in [0.1, 0.15) is 5.75 Å². The maximum atomic E-state index is 14.6. The van der Waals surface area contributed by atoms with Gasteiger partial charge in [0.2, 0.25) is 0 Å². The molecule has 52 heavy (non-hydrogen) atoms. The van der Waals surface area contributed by atoms with Crippen LogP contribution in [0.3, 0.4) is 0 Å². The van der Waals surface area contributed by atoms with Crippen molar-refractivity contribution in [2.45, 2.75) is 85.9 Å². The fourth-order valence-corrected chi connectivity index (χ4v) is 7.56. The Morgan fingerprint density at radius 1 is 0.788 bits per heavy atom. The van der Waals surface area contributed by atoms with Gasteiger partial charge in [-0.25, -0.2) is 4.39 Å². The minimum atomic E-state index is -3.71. The Labute approximate surface area is 303 Å². The minimum Gasteiger partial charge on any atom is -0.486 e. The summed E-state index contributed by atoms with van der Waals surface area (Å²) in [6, 6.07) is 25.8. The summed E-state index contributed by atoms with van der Waals surface area (Å²) in [6.45, 7) is 10.7. The number of rotatable bonds is 14. The van der Waals surface area contributed by atoms with Gasteiger partial charge in [-0.15, -0.1) is 0 Å². The molecule has 0 spiro atoms. The molecule has 1 aromatic heterocycles. The van der Waals surface area contributed by atoms with Crippen molar-refractivity contribution in [3.05, 3.63) is 124 Å². The third-order valence-electron chi connectivity index (χ3n) is 10.4. The molecule has 0 saturated carbocycles. The average molecular weight is 706 g/mol. The van der Waals surface area contributed by atoms with Crippen LogP contribution in [-0.2, 0) is 6.54 Å². The molecule has 6 aromatic rings. The van der Waals surface area contributed by atoms with Crippen molar-refractivity contribution in [1.29, 1.82) is 0 Å². The predicted octanol–water partition coefficient (Wildman–Crippen LogP) is 11.9. The summed E-state index contributed by atoms with van der Waals surface area (Å²) in [5, 5.41) is 3.51. The van der Waals surface area contributed by atoms with Crippen LogP contribution < -0.4 is 4.74 Å². The van der Waals surface area contributed by atoms with Crippen molar-refractivity contribution in [3.8, 4) is 5.75 Å². The molecule has 0 aliphatic carbocycles. The van der Waals surface area contributed by atoms with Gasteiger partial charge in [0.05, 0.1) is 11.1 Å². The van der Waals surface area contributed by atoms with Crippen LogP contribution in [0.5, 0.6) is 5.75 Å². The van der Waals surface area contributed by atoms with Crippen LogP contribution in [0.15, 0.2) is 84.9 Å². The van der Waals surface area contributed by atoms with Gasteiger partial charge in [0.25, 0.3) is 0 Å². The number of ketones is 2. The molecule has 0 bridgehead atoms. The van der Waals surface area contributed by atoms with E-state index in [4.69, 9.17) is 4.74 Å². The maximum absolute atomic E-state index is 14.6. The van der Waals surface area contributed by atoms with E-state index in [2.05, 4.69) is 24.5 Å². The van der Waals surface area contributed by atoms with E-state index >= 15 is 0 Å². The third-order valence-corrected chi connectivity index (χ3v) is 10.4.